The van der Waals surface area contributed by atoms with Crippen LogP contribution in [0.4, 0.5) is 5.69 Å². The van der Waals surface area contributed by atoms with Gasteiger partial charge in [0.05, 0.1) is 22.2 Å². The zero-order valence-electron chi connectivity index (χ0n) is 15.7. The molecule has 8 nitrogen and oxygen atoms in total. The number of nitrogens with zero attached hydrogens (tertiary/aromatic N) is 3. The van der Waals surface area contributed by atoms with E-state index in [0.717, 1.165) is 22.0 Å². The topological polar surface area (TPSA) is 104 Å². The molecule has 0 N–H and O–H groups in total. The van der Waals surface area contributed by atoms with E-state index in [0.29, 0.717) is 15.8 Å². The molecule has 3 aromatic rings. The highest BCUT2D eigenvalue weighted by molar-refractivity contribution is 7.99. The lowest BCUT2D eigenvalue weighted by Gasteiger charge is -2.04. The fourth-order valence-electron chi connectivity index (χ4n) is 2.64. The molecule has 0 aliphatic carbocycles. The number of benzene rings is 2. The molecule has 0 spiro atoms. The molecule has 0 bridgehead atoms. The molecule has 0 radical (unpaired) electrons. The summed E-state index contributed by atoms with van der Waals surface area (Å²) in [6.45, 7) is 1.86. The number of fused-ring (bicyclic) bond motifs is 1. The van der Waals surface area contributed by atoms with Crippen molar-refractivity contribution in [3.8, 4) is 0 Å². The van der Waals surface area contributed by atoms with Crippen molar-refractivity contribution in [2.75, 3.05) is 12.9 Å². The summed E-state index contributed by atoms with van der Waals surface area (Å²) in [4.78, 5) is 40.5. The molecule has 10 heteroatoms. The molecule has 1 aromatic heterocycles. The number of aromatic nitrogens is 1. The third-order valence-electron chi connectivity index (χ3n) is 3.98. The third kappa shape index (κ3) is 4.72. The quantitative estimate of drug-likeness (QED) is 0.255. The molecule has 2 aromatic carbocycles. The van der Waals surface area contributed by atoms with Crippen LogP contribution >= 0.6 is 23.1 Å². The number of nitro benzene ring substituents is 1. The first-order chi connectivity index (χ1) is 13.9. The van der Waals surface area contributed by atoms with Crippen LogP contribution in [0.1, 0.15) is 17.3 Å². The normalized spacial score (nSPS) is 11.6. The number of non-ortho nitro benzene ring substituents is 1. The number of esters is 1. The maximum absolute atomic E-state index is 12.7. The Kier molecular flexibility index (Phi) is 6.45. The van der Waals surface area contributed by atoms with Crippen LogP contribution in [0, 0.1) is 10.1 Å². The van der Waals surface area contributed by atoms with Crippen molar-refractivity contribution in [1.29, 1.82) is 0 Å². The van der Waals surface area contributed by atoms with E-state index in [9.17, 15) is 19.7 Å². The van der Waals surface area contributed by atoms with Crippen LogP contribution in [0.25, 0.3) is 10.2 Å². The Morgan fingerprint density at radius 1 is 1.28 bits per heavy atom. The van der Waals surface area contributed by atoms with Gasteiger partial charge in [-0.3, -0.25) is 19.7 Å². The number of rotatable bonds is 6. The van der Waals surface area contributed by atoms with Crippen molar-refractivity contribution in [2.24, 2.45) is 4.99 Å². The summed E-state index contributed by atoms with van der Waals surface area (Å²) in [5.74, 6) is -0.0928. The molecule has 0 saturated carbocycles. The SMILES string of the molecule is CCSc1cccc(C(=O)N=c2sc3cc([N+](=O)[O-])ccc3n2CC(=O)OC)c1. The summed E-state index contributed by atoms with van der Waals surface area (Å²) in [7, 11) is 1.27. The lowest BCUT2D eigenvalue weighted by Crippen LogP contribution is -2.22. The Labute approximate surface area is 174 Å². The highest BCUT2D eigenvalue weighted by atomic mass is 32.2. The van der Waals surface area contributed by atoms with Crippen molar-refractivity contribution < 1.29 is 19.2 Å². The smallest absolute Gasteiger partial charge is 0.325 e. The number of ether oxygens (including phenoxy) is 1. The summed E-state index contributed by atoms with van der Waals surface area (Å²) >= 11 is 2.72. The van der Waals surface area contributed by atoms with Gasteiger partial charge in [0.15, 0.2) is 4.80 Å². The average molecular weight is 431 g/mol. The number of hydrogen-bond donors (Lipinski definition) is 0. The summed E-state index contributed by atoms with van der Waals surface area (Å²) in [6, 6.07) is 11.4. The predicted molar refractivity (Wildman–Crippen MR) is 111 cm³/mol. The van der Waals surface area contributed by atoms with Crippen molar-refractivity contribution in [3.63, 3.8) is 0 Å². The highest BCUT2D eigenvalue weighted by Crippen LogP contribution is 2.24. The number of carbonyl (C=O) groups excluding carboxylic acids is 2. The maximum Gasteiger partial charge on any atom is 0.325 e. The zero-order chi connectivity index (χ0) is 21.0. The molecule has 0 fully saturated rings. The Morgan fingerprint density at radius 3 is 2.76 bits per heavy atom. The molecule has 0 aliphatic heterocycles. The van der Waals surface area contributed by atoms with Crippen LogP contribution in [-0.4, -0.2) is 34.2 Å². The standard InChI is InChI=1S/C19H17N3O5S2/c1-3-28-14-6-4-5-12(9-14)18(24)20-19-21(11-17(23)27-2)15-8-7-13(22(25)26)10-16(15)29-19/h4-10H,3,11H2,1-2H3. The first-order valence-electron chi connectivity index (χ1n) is 8.59. The van der Waals surface area contributed by atoms with E-state index in [4.69, 9.17) is 4.74 Å². The predicted octanol–water partition coefficient (Wildman–Crippen LogP) is 3.64. The molecular weight excluding hydrogens is 414 g/mol. The minimum atomic E-state index is -0.515. The first kappa shape index (κ1) is 20.7. The molecule has 0 aliphatic rings. The first-order valence-corrected chi connectivity index (χ1v) is 10.4. The minimum absolute atomic E-state index is 0.0777. The molecular formula is C19H17N3O5S2. The summed E-state index contributed by atoms with van der Waals surface area (Å²) in [5.41, 5.74) is 0.912. The van der Waals surface area contributed by atoms with Gasteiger partial charge in [-0.2, -0.15) is 4.99 Å². The van der Waals surface area contributed by atoms with Gasteiger partial charge in [0.2, 0.25) is 0 Å². The number of thioether (sulfide) groups is 1. The monoisotopic (exact) mass is 431 g/mol. The van der Waals surface area contributed by atoms with Crippen LogP contribution in [0.2, 0.25) is 0 Å². The van der Waals surface area contributed by atoms with Gasteiger partial charge in [-0.05, 0) is 30.0 Å². The van der Waals surface area contributed by atoms with Gasteiger partial charge in [0, 0.05) is 22.6 Å². The van der Waals surface area contributed by atoms with E-state index in [1.165, 1.54) is 29.9 Å². The van der Waals surface area contributed by atoms with E-state index in [2.05, 4.69) is 4.99 Å². The fourth-order valence-corrected chi connectivity index (χ4v) is 4.42. The molecule has 0 saturated heterocycles. The van der Waals surface area contributed by atoms with Crippen LogP contribution in [0.15, 0.2) is 52.4 Å². The lowest BCUT2D eigenvalue weighted by molar-refractivity contribution is -0.384. The van der Waals surface area contributed by atoms with Crippen molar-refractivity contribution in [2.45, 2.75) is 18.4 Å². The summed E-state index contributed by atoms with van der Waals surface area (Å²) in [5, 5.41) is 11.1. The number of hydrogen-bond acceptors (Lipinski definition) is 7. The van der Waals surface area contributed by atoms with Gasteiger partial charge in [0.1, 0.15) is 6.54 Å². The molecule has 3 rings (SSSR count). The second kappa shape index (κ2) is 9.01. The molecule has 0 atom stereocenters. The molecule has 0 unspecified atom stereocenters. The summed E-state index contributed by atoms with van der Waals surface area (Å²) < 4.78 is 6.80. The fraction of sp³-hybridized carbons (Fsp3) is 0.211. The van der Waals surface area contributed by atoms with Crippen molar-refractivity contribution in [3.05, 3.63) is 62.9 Å². The largest absolute Gasteiger partial charge is 0.468 e. The van der Waals surface area contributed by atoms with Crippen LogP contribution in [0.3, 0.4) is 0 Å². The average Bonchev–Trinajstić information content (AvgIpc) is 3.04. The zero-order valence-corrected chi connectivity index (χ0v) is 17.3. The van der Waals surface area contributed by atoms with Gasteiger partial charge in [-0.25, -0.2) is 0 Å². The van der Waals surface area contributed by atoms with E-state index >= 15 is 0 Å². The van der Waals surface area contributed by atoms with Gasteiger partial charge in [-0.1, -0.05) is 24.3 Å². The number of methoxy groups -OCH3 is 1. The Bertz CT molecular complexity index is 1170. The molecule has 150 valence electrons. The Balaban J connectivity index is 2.11. The Hall–Kier alpha value is -2.98. The maximum atomic E-state index is 12.7. The van der Waals surface area contributed by atoms with Crippen LogP contribution < -0.4 is 4.80 Å². The van der Waals surface area contributed by atoms with E-state index in [1.807, 2.05) is 13.0 Å². The lowest BCUT2D eigenvalue weighted by atomic mass is 10.2. The number of thiazole rings is 1. The van der Waals surface area contributed by atoms with Gasteiger partial charge >= 0.3 is 5.97 Å². The van der Waals surface area contributed by atoms with E-state index in [-0.39, 0.29) is 17.0 Å². The minimum Gasteiger partial charge on any atom is -0.468 e. The number of carbonyl (C=O) groups is 2. The van der Waals surface area contributed by atoms with Gasteiger partial charge in [0.25, 0.3) is 11.6 Å². The van der Waals surface area contributed by atoms with Crippen LogP contribution in [-0.2, 0) is 16.1 Å². The number of amides is 1. The van der Waals surface area contributed by atoms with E-state index < -0.39 is 16.8 Å². The Morgan fingerprint density at radius 2 is 2.07 bits per heavy atom. The van der Waals surface area contributed by atoms with Crippen molar-refractivity contribution in [1.82, 2.24) is 4.57 Å². The molecule has 29 heavy (non-hydrogen) atoms. The van der Waals surface area contributed by atoms with Gasteiger partial charge in [-0.15, -0.1) is 11.8 Å². The number of nitro groups is 1. The van der Waals surface area contributed by atoms with Crippen LogP contribution in [0.5, 0.6) is 0 Å². The van der Waals surface area contributed by atoms with Crippen molar-refractivity contribution >= 4 is 50.9 Å². The summed E-state index contributed by atoms with van der Waals surface area (Å²) in [6.07, 6.45) is 0. The van der Waals surface area contributed by atoms with E-state index in [1.54, 1.807) is 30.0 Å². The molecule has 1 heterocycles. The highest BCUT2D eigenvalue weighted by Gasteiger charge is 2.15. The second-order valence-electron chi connectivity index (χ2n) is 5.83. The second-order valence-corrected chi connectivity index (χ2v) is 8.18. The molecule has 1 amide bonds. The third-order valence-corrected chi connectivity index (χ3v) is 5.90. The van der Waals surface area contributed by atoms with Gasteiger partial charge < -0.3 is 9.30 Å².